The van der Waals surface area contributed by atoms with Crippen molar-refractivity contribution >= 4 is 0 Å². The number of hydrogen-bond acceptors (Lipinski definition) is 17. The third kappa shape index (κ3) is 17.3. The van der Waals surface area contributed by atoms with E-state index in [0.717, 1.165) is 202 Å². The van der Waals surface area contributed by atoms with Gasteiger partial charge in [-0.25, -0.2) is 29.9 Å². The largest absolute Gasteiger partial charge is 0.389 e. The van der Waals surface area contributed by atoms with E-state index in [1.165, 1.54) is 83.8 Å². The van der Waals surface area contributed by atoms with Crippen molar-refractivity contribution < 1.29 is 14.6 Å². The highest BCUT2D eigenvalue weighted by Gasteiger charge is 2.31. The number of hydrogen-bond donors (Lipinski definition) is 1. The van der Waals surface area contributed by atoms with E-state index in [1.54, 1.807) is 18.5 Å². The first-order valence-corrected chi connectivity index (χ1v) is 41.7. The van der Waals surface area contributed by atoms with E-state index in [2.05, 4.69) is 204 Å². The van der Waals surface area contributed by atoms with Gasteiger partial charge in [-0.3, -0.25) is 37.9 Å². The van der Waals surface area contributed by atoms with E-state index in [9.17, 15) is 5.11 Å². The molecule has 2 saturated heterocycles. The summed E-state index contributed by atoms with van der Waals surface area (Å²) in [6.45, 7) is 19.3. The van der Waals surface area contributed by atoms with Crippen LogP contribution in [0.15, 0.2) is 184 Å². The number of ether oxygens (including phenoxy) is 2. The Morgan fingerprint density at radius 1 is 0.378 bits per heavy atom. The summed E-state index contributed by atoms with van der Waals surface area (Å²) in [5.74, 6) is 2.42. The monoisotopic (exact) mass is 1590 g/mol. The summed E-state index contributed by atoms with van der Waals surface area (Å²) in [7, 11) is 10.3. The maximum atomic E-state index is 10.1. The number of morpholine rings is 2. The first-order chi connectivity index (χ1) is 57.8. The van der Waals surface area contributed by atoms with Crippen LogP contribution in [0.25, 0.3) is 101 Å². The first-order valence-electron chi connectivity index (χ1n) is 41.7. The molecule has 0 bridgehead atoms. The van der Waals surface area contributed by atoms with Crippen LogP contribution in [0.3, 0.4) is 0 Å². The van der Waals surface area contributed by atoms with Gasteiger partial charge in [0.25, 0.3) is 0 Å². The number of nitrogens with zero attached hydrogens (tertiary/aromatic N) is 23. The smallest absolute Gasteiger partial charge is 0.134 e. The zero-order valence-corrected chi connectivity index (χ0v) is 69.5. The molecule has 0 amide bonds. The van der Waals surface area contributed by atoms with Crippen molar-refractivity contribution in [3.8, 4) is 101 Å². The molecule has 15 aromatic rings. The van der Waals surface area contributed by atoms with Crippen LogP contribution in [0, 0.1) is 0 Å². The fourth-order valence-electron chi connectivity index (χ4n) is 17.3. The lowest BCUT2D eigenvalue weighted by atomic mass is 9.89. The van der Waals surface area contributed by atoms with Crippen LogP contribution >= 0.6 is 0 Å². The van der Waals surface area contributed by atoms with Crippen LogP contribution in [0.5, 0.6) is 0 Å². The zero-order valence-electron chi connectivity index (χ0n) is 69.5. The summed E-state index contributed by atoms with van der Waals surface area (Å²) in [6, 6.07) is 28.6. The van der Waals surface area contributed by atoms with Crippen molar-refractivity contribution in [3.63, 3.8) is 0 Å². The van der Waals surface area contributed by atoms with Crippen LogP contribution in [0.4, 0.5) is 0 Å². The lowest BCUT2D eigenvalue weighted by molar-refractivity contribution is 0.0359. The Morgan fingerprint density at radius 2 is 0.748 bits per heavy atom. The van der Waals surface area contributed by atoms with Crippen LogP contribution in [0.1, 0.15) is 101 Å². The van der Waals surface area contributed by atoms with Gasteiger partial charge in [-0.1, -0.05) is 72.8 Å². The van der Waals surface area contributed by atoms with Gasteiger partial charge in [0.15, 0.2) is 0 Å². The Bertz CT molecular complexity index is 6080. The van der Waals surface area contributed by atoms with Crippen LogP contribution in [-0.4, -0.2) is 188 Å². The minimum absolute atomic E-state index is 0.344. The number of rotatable bonds is 21. The molecule has 0 atom stereocenters. The molecule has 119 heavy (non-hydrogen) atoms. The van der Waals surface area contributed by atoms with Crippen molar-refractivity contribution in [1.82, 2.24) is 112 Å². The highest BCUT2D eigenvalue weighted by Crippen LogP contribution is 2.45. The Hall–Kier alpha value is -12.2. The summed E-state index contributed by atoms with van der Waals surface area (Å²) >= 11 is 0. The molecular formula is C93H103N23O3. The second-order valence-corrected chi connectivity index (χ2v) is 33.3. The number of fused-ring (bicyclic) bond motifs is 9. The lowest BCUT2D eigenvalue weighted by Crippen LogP contribution is -2.38. The summed E-state index contributed by atoms with van der Waals surface area (Å²) in [5, 5.41) is 37.1. The minimum Gasteiger partial charge on any atom is -0.389 e. The van der Waals surface area contributed by atoms with Crippen molar-refractivity contribution in [2.75, 3.05) is 65.7 Å². The van der Waals surface area contributed by atoms with E-state index in [0.29, 0.717) is 31.8 Å². The predicted octanol–water partition coefficient (Wildman–Crippen LogP) is 12.8. The fraction of sp³-hybridized carbons (Fsp3) is 0.355. The fourth-order valence-corrected chi connectivity index (χ4v) is 17.3. The van der Waals surface area contributed by atoms with Crippen LogP contribution < -0.4 is 0 Å². The van der Waals surface area contributed by atoms with Gasteiger partial charge in [0.05, 0.1) is 129 Å². The van der Waals surface area contributed by atoms with Gasteiger partial charge in [-0.15, -0.1) is 0 Å². The van der Waals surface area contributed by atoms with Gasteiger partial charge in [0.2, 0.25) is 0 Å². The maximum Gasteiger partial charge on any atom is 0.134 e. The number of benzene rings is 3. The normalized spacial score (nSPS) is 14.5. The summed E-state index contributed by atoms with van der Waals surface area (Å²) in [6.07, 6.45) is 42.6. The third-order valence-electron chi connectivity index (χ3n) is 23.4. The molecule has 1 N–H and O–H groups in total. The average molecular weight is 1590 g/mol. The molecule has 0 spiro atoms. The number of aryl methyl sites for hydroxylation is 11. The summed E-state index contributed by atoms with van der Waals surface area (Å²) in [5.41, 5.74) is 30.8. The molecule has 608 valence electrons. The SMILES string of the molecule is CC(C)n1cc(-c2ccc(-c3c4c(cn3C)CCc3cnc(Cc5cnn(CCN6CCOCC6)c5)nc3-4)cc2)cn1.Cn1cc(-c2ccc(-c3c4c(cn3C)CCc3cnc(Cc5ccn(CC(C)(C)O)n5)nc3-4)cc2)cn1.Cn1cc(-c2ccc(-c3c4c(cn3C)CCc3cnc(Cc5cnn(CCN6CCOCC6)c5)nc3-4)cc2)cn1. The molecule has 2 aliphatic heterocycles. The van der Waals surface area contributed by atoms with Crippen molar-refractivity contribution in [2.24, 2.45) is 35.2 Å². The van der Waals surface area contributed by atoms with Crippen molar-refractivity contribution in [2.45, 2.75) is 117 Å². The van der Waals surface area contributed by atoms with Gasteiger partial charge >= 0.3 is 0 Å². The second-order valence-electron chi connectivity index (χ2n) is 33.3. The zero-order chi connectivity index (χ0) is 81.4. The lowest BCUT2D eigenvalue weighted by Gasteiger charge is -2.26. The molecule has 26 nitrogen and oxygen atoms in total. The standard InChI is InChI=1S/C33H38N8O.C31H34N8O.C29H31N7O/c1-23(2)41-22-29(19-36-41)25-4-6-26(7-5-25)33-31-28(21-38(33)3)9-8-27-18-34-30(37-32(27)31)16-24-17-35-40(20-24)11-10-39-12-14-42-15-13-39;1-36-20-26-8-7-25-17-32-28(15-22-16-34-39(19-22)10-9-38-11-13-40-14-12-38)35-30(25)29(26)31(36)24-5-3-23(4-6-24)27-18-33-37(2)21-27;1-29(2,37)18-36-12-11-24(33-36)13-25-30-14-21-9-10-22-16-34(3)28(26(22)27(21)32-25)20-7-5-19(6-8-20)23-15-31-35(4)17-23/h4-7,17-23H,8-16H2,1-3H3;3-6,16-21H,7-15H2,1-2H3;5-8,11-12,14-17,37H,9-10,13,18H2,1-4H3. The minimum atomic E-state index is -0.818. The Morgan fingerprint density at radius 3 is 1.12 bits per heavy atom. The molecule has 20 rings (SSSR count). The van der Waals surface area contributed by atoms with Gasteiger partial charge < -0.3 is 28.3 Å². The highest BCUT2D eigenvalue weighted by atomic mass is 16.5. The highest BCUT2D eigenvalue weighted by molar-refractivity contribution is 5.89. The molecule has 3 aliphatic carbocycles. The summed E-state index contributed by atoms with van der Waals surface area (Å²) in [4.78, 5) is 34.5. The van der Waals surface area contributed by atoms with E-state index in [4.69, 9.17) is 34.4 Å². The first kappa shape index (κ1) is 78.0. The van der Waals surface area contributed by atoms with E-state index in [-0.39, 0.29) is 0 Å². The quantitative estimate of drug-likeness (QED) is 0.0702. The van der Waals surface area contributed by atoms with Crippen molar-refractivity contribution in [3.05, 3.63) is 252 Å². The Kier molecular flexibility index (Phi) is 22.1. The average Bonchev–Trinajstić information content (AvgIpc) is 1.64. The van der Waals surface area contributed by atoms with Gasteiger partial charge in [0, 0.05) is 201 Å². The summed E-state index contributed by atoms with van der Waals surface area (Å²) < 4.78 is 29.1. The van der Waals surface area contributed by atoms with Crippen LogP contribution in [0.2, 0.25) is 0 Å². The molecule has 0 radical (unpaired) electrons. The Balaban J connectivity index is 0.000000123. The molecular weight excluding hydrogens is 1490 g/mol. The molecule has 0 saturated carbocycles. The van der Waals surface area contributed by atoms with Gasteiger partial charge in [-0.05, 0) is 150 Å². The topological polar surface area (TPSA) is 244 Å². The van der Waals surface area contributed by atoms with Crippen LogP contribution in [-0.2, 0) is 122 Å². The maximum absolute atomic E-state index is 10.1. The molecule has 14 heterocycles. The molecule has 0 unspecified atom stereocenters. The third-order valence-corrected chi connectivity index (χ3v) is 23.4. The number of aromatic nitrogens is 21. The number of aliphatic hydroxyl groups is 1. The predicted molar refractivity (Wildman–Crippen MR) is 460 cm³/mol. The van der Waals surface area contributed by atoms with Gasteiger partial charge in [-0.2, -0.15) is 30.6 Å². The van der Waals surface area contributed by atoms with Gasteiger partial charge in [0.1, 0.15) is 17.5 Å². The van der Waals surface area contributed by atoms with E-state index >= 15 is 0 Å². The second kappa shape index (κ2) is 33.7. The van der Waals surface area contributed by atoms with Crippen molar-refractivity contribution in [1.29, 1.82) is 0 Å². The Labute approximate surface area is 693 Å². The van der Waals surface area contributed by atoms with E-state index < -0.39 is 5.60 Å². The molecule has 3 aromatic carbocycles. The molecule has 26 heteroatoms. The van der Waals surface area contributed by atoms with E-state index in [1.807, 2.05) is 112 Å². The molecule has 2 fully saturated rings. The molecule has 5 aliphatic rings. The molecule has 12 aromatic heterocycles.